The van der Waals surface area contributed by atoms with Gasteiger partial charge in [-0.3, -0.25) is 4.79 Å². The number of benzene rings is 1. The Morgan fingerprint density at radius 1 is 1.21 bits per heavy atom. The van der Waals surface area contributed by atoms with Gasteiger partial charge in [0.1, 0.15) is 5.82 Å². The molecule has 0 fully saturated rings. The first kappa shape index (κ1) is 13.3. The standard InChI is InChI=1S/C15H18N2O2/c1-9-6-11(3)12(7-10(9)2)13-8-16-14(17-13)4-5-15(18)19/h6-8H,4-5H2,1-3H3,(H,16,17)(H,18,19). The molecule has 0 aliphatic heterocycles. The summed E-state index contributed by atoms with van der Waals surface area (Å²) in [7, 11) is 0. The summed E-state index contributed by atoms with van der Waals surface area (Å²) in [6.45, 7) is 6.25. The number of rotatable bonds is 4. The summed E-state index contributed by atoms with van der Waals surface area (Å²) in [5, 5.41) is 8.67. The van der Waals surface area contributed by atoms with Gasteiger partial charge in [0.15, 0.2) is 0 Å². The van der Waals surface area contributed by atoms with E-state index in [1.54, 1.807) is 6.20 Å². The number of aromatic nitrogens is 2. The number of nitrogens with one attached hydrogen (secondary N) is 1. The topological polar surface area (TPSA) is 66.0 Å². The molecule has 1 aromatic carbocycles. The van der Waals surface area contributed by atoms with E-state index in [4.69, 9.17) is 5.11 Å². The predicted molar refractivity (Wildman–Crippen MR) is 74.2 cm³/mol. The summed E-state index contributed by atoms with van der Waals surface area (Å²) in [4.78, 5) is 18.0. The molecule has 1 heterocycles. The fraction of sp³-hybridized carbons (Fsp3) is 0.333. The number of H-pyrrole nitrogens is 1. The SMILES string of the molecule is Cc1cc(C)c(-c2cnc(CCC(=O)O)[nH]2)cc1C. The van der Waals surface area contributed by atoms with Crippen LogP contribution in [-0.4, -0.2) is 21.0 Å². The summed E-state index contributed by atoms with van der Waals surface area (Å²) in [5.74, 6) is -0.0876. The normalized spacial score (nSPS) is 10.7. The van der Waals surface area contributed by atoms with Crippen molar-refractivity contribution in [2.75, 3.05) is 0 Å². The lowest BCUT2D eigenvalue weighted by Gasteiger charge is -2.08. The lowest BCUT2D eigenvalue weighted by Crippen LogP contribution is -1.98. The summed E-state index contributed by atoms with van der Waals surface area (Å²) in [6.07, 6.45) is 2.30. The van der Waals surface area contributed by atoms with Gasteiger partial charge in [-0.1, -0.05) is 6.07 Å². The van der Waals surface area contributed by atoms with Crippen molar-refractivity contribution in [1.29, 1.82) is 0 Å². The minimum atomic E-state index is -0.805. The molecule has 4 nitrogen and oxygen atoms in total. The minimum absolute atomic E-state index is 0.0961. The predicted octanol–water partition coefficient (Wildman–Crippen LogP) is 3.02. The molecular formula is C15H18N2O2. The van der Waals surface area contributed by atoms with Gasteiger partial charge in [0.25, 0.3) is 0 Å². The molecule has 4 heteroatoms. The summed E-state index contributed by atoms with van der Waals surface area (Å²) < 4.78 is 0. The number of aryl methyl sites for hydroxylation is 4. The Balaban J connectivity index is 2.27. The maximum Gasteiger partial charge on any atom is 0.303 e. The van der Waals surface area contributed by atoms with E-state index in [-0.39, 0.29) is 6.42 Å². The largest absolute Gasteiger partial charge is 0.481 e. The molecule has 0 spiro atoms. The average molecular weight is 258 g/mol. The Morgan fingerprint density at radius 2 is 1.89 bits per heavy atom. The third kappa shape index (κ3) is 3.02. The van der Waals surface area contributed by atoms with E-state index in [2.05, 4.69) is 42.9 Å². The fourth-order valence-electron chi connectivity index (χ4n) is 2.10. The van der Waals surface area contributed by atoms with E-state index < -0.39 is 5.97 Å². The number of hydrogen-bond donors (Lipinski definition) is 2. The van der Waals surface area contributed by atoms with Crippen LogP contribution in [0.1, 0.15) is 28.9 Å². The molecule has 0 aliphatic rings. The number of hydrogen-bond acceptors (Lipinski definition) is 2. The van der Waals surface area contributed by atoms with Crippen LogP contribution in [0.2, 0.25) is 0 Å². The monoisotopic (exact) mass is 258 g/mol. The Morgan fingerprint density at radius 3 is 2.58 bits per heavy atom. The molecule has 0 saturated heterocycles. The number of carboxylic acid groups (broad SMARTS) is 1. The summed E-state index contributed by atoms with van der Waals surface area (Å²) in [6, 6.07) is 4.29. The second-order valence-electron chi connectivity index (χ2n) is 4.89. The first-order chi connectivity index (χ1) is 8.97. The molecule has 0 aliphatic carbocycles. The van der Waals surface area contributed by atoms with E-state index in [1.807, 2.05) is 0 Å². The van der Waals surface area contributed by atoms with Crippen LogP contribution in [0.25, 0.3) is 11.3 Å². The van der Waals surface area contributed by atoms with E-state index in [1.165, 1.54) is 16.7 Å². The maximum atomic E-state index is 10.5. The van der Waals surface area contributed by atoms with Crippen LogP contribution in [0, 0.1) is 20.8 Å². The number of nitrogens with zero attached hydrogens (tertiary/aromatic N) is 1. The molecule has 2 N–H and O–H groups in total. The zero-order chi connectivity index (χ0) is 14.0. The highest BCUT2D eigenvalue weighted by Crippen LogP contribution is 2.25. The van der Waals surface area contributed by atoms with E-state index >= 15 is 0 Å². The molecule has 0 radical (unpaired) electrons. The van der Waals surface area contributed by atoms with E-state index in [0.29, 0.717) is 6.42 Å². The highest BCUT2D eigenvalue weighted by atomic mass is 16.4. The van der Waals surface area contributed by atoms with Crippen LogP contribution in [0.3, 0.4) is 0 Å². The Bertz CT molecular complexity index is 615. The average Bonchev–Trinajstić information content (AvgIpc) is 2.80. The van der Waals surface area contributed by atoms with Crippen molar-refractivity contribution < 1.29 is 9.90 Å². The highest BCUT2D eigenvalue weighted by molar-refractivity contribution is 5.67. The fourth-order valence-corrected chi connectivity index (χ4v) is 2.10. The van der Waals surface area contributed by atoms with Gasteiger partial charge in [-0.15, -0.1) is 0 Å². The van der Waals surface area contributed by atoms with E-state index in [9.17, 15) is 4.79 Å². The second-order valence-corrected chi connectivity index (χ2v) is 4.89. The van der Waals surface area contributed by atoms with Gasteiger partial charge in [0.2, 0.25) is 0 Å². The third-order valence-corrected chi connectivity index (χ3v) is 3.33. The Hall–Kier alpha value is -2.10. The lowest BCUT2D eigenvalue weighted by molar-refractivity contribution is -0.137. The molecule has 0 bridgehead atoms. The molecule has 0 amide bonds. The van der Waals surface area contributed by atoms with Crippen molar-refractivity contribution in [2.45, 2.75) is 33.6 Å². The quantitative estimate of drug-likeness (QED) is 0.885. The Kier molecular flexibility index (Phi) is 3.69. The van der Waals surface area contributed by atoms with E-state index in [0.717, 1.165) is 17.1 Å². The molecule has 0 atom stereocenters. The minimum Gasteiger partial charge on any atom is -0.481 e. The van der Waals surface area contributed by atoms with Gasteiger partial charge in [0.05, 0.1) is 18.3 Å². The number of aromatic amines is 1. The van der Waals surface area contributed by atoms with Crippen LogP contribution < -0.4 is 0 Å². The van der Waals surface area contributed by atoms with Crippen molar-refractivity contribution in [3.63, 3.8) is 0 Å². The smallest absolute Gasteiger partial charge is 0.303 e. The summed E-state index contributed by atoms with van der Waals surface area (Å²) in [5.41, 5.74) is 5.77. The zero-order valence-electron chi connectivity index (χ0n) is 11.4. The van der Waals surface area contributed by atoms with Crippen LogP contribution in [0.4, 0.5) is 0 Å². The molecule has 100 valence electrons. The van der Waals surface area contributed by atoms with Crippen molar-refractivity contribution in [1.82, 2.24) is 9.97 Å². The van der Waals surface area contributed by atoms with Crippen LogP contribution in [0.5, 0.6) is 0 Å². The first-order valence-corrected chi connectivity index (χ1v) is 6.31. The molecule has 2 rings (SSSR count). The Labute approximate surface area is 112 Å². The van der Waals surface area contributed by atoms with Crippen LogP contribution >= 0.6 is 0 Å². The van der Waals surface area contributed by atoms with Crippen LogP contribution in [-0.2, 0) is 11.2 Å². The number of imidazole rings is 1. The zero-order valence-corrected chi connectivity index (χ0v) is 11.4. The molecular weight excluding hydrogens is 240 g/mol. The molecule has 2 aromatic rings. The van der Waals surface area contributed by atoms with Crippen molar-refractivity contribution >= 4 is 5.97 Å². The van der Waals surface area contributed by atoms with Gasteiger partial charge in [-0.05, 0) is 43.5 Å². The van der Waals surface area contributed by atoms with Crippen LogP contribution in [0.15, 0.2) is 18.3 Å². The molecule has 19 heavy (non-hydrogen) atoms. The molecule has 0 saturated carbocycles. The second kappa shape index (κ2) is 5.26. The van der Waals surface area contributed by atoms with Crippen molar-refractivity contribution in [3.8, 4) is 11.3 Å². The molecule has 0 unspecified atom stereocenters. The number of carboxylic acids is 1. The maximum absolute atomic E-state index is 10.5. The van der Waals surface area contributed by atoms with Gasteiger partial charge in [-0.25, -0.2) is 4.98 Å². The summed E-state index contributed by atoms with van der Waals surface area (Å²) >= 11 is 0. The number of carbonyl (C=O) groups is 1. The van der Waals surface area contributed by atoms with Crippen molar-refractivity contribution in [3.05, 3.63) is 40.8 Å². The lowest BCUT2D eigenvalue weighted by atomic mass is 9.99. The molecule has 1 aromatic heterocycles. The van der Waals surface area contributed by atoms with Gasteiger partial charge >= 0.3 is 5.97 Å². The van der Waals surface area contributed by atoms with Gasteiger partial charge in [-0.2, -0.15) is 0 Å². The van der Waals surface area contributed by atoms with Crippen molar-refractivity contribution in [2.24, 2.45) is 0 Å². The number of aliphatic carboxylic acids is 1. The van der Waals surface area contributed by atoms with Gasteiger partial charge < -0.3 is 10.1 Å². The highest BCUT2D eigenvalue weighted by Gasteiger charge is 2.09. The third-order valence-electron chi connectivity index (χ3n) is 3.33. The van der Waals surface area contributed by atoms with Gasteiger partial charge in [0, 0.05) is 12.0 Å². The first-order valence-electron chi connectivity index (χ1n) is 6.31.